The summed E-state index contributed by atoms with van der Waals surface area (Å²) in [6.45, 7) is 6.41. The average Bonchev–Trinajstić information content (AvgIpc) is 2.45. The molecule has 2 N–H and O–H groups in total. The van der Waals surface area contributed by atoms with Gasteiger partial charge in [-0.1, -0.05) is 44.2 Å². The quantitative estimate of drug-likeness (QED) is 0.777. The highest BCUT2D eigenvalue weighted by Gasteiger charge is 2.25. The molecule has 0 aliphatic rings. The van der Waals surface area contributed by atoms with Gasteiger partial charge in [-0.25, -0.2) is 0 Å². The Balaban J connectivity index is 2.81. The molecule has 1 aromatic rings. The lowest BCUT2D eigenvalue weighted by Gasteiger charge is -2.26. The van der Waals surface area contributed by atoms with Gasteiger partial charge in [-0.05, 0) is 18.4 Å². The number of esters is 1. The van der Waals surface area contributed by atoms with Gasteiger partial charge in [-0.3, -0.25) is 9.59 Å². The maximum Gasteiger partial charge on any atom is 0.325 e. The fourth-order valence-corrected chi connectivity index (χ4v) is 2.04. The summed E-state index contributed by atoms with van der Waals surface area (Å²) in [5, 5.41) is 0. The first-order chi connectivity index (χ1) is 9.95. The summed E-state index contributed by atoms with van der Waals surface area (Å²) < 4.78 is 4.92. The van der Waals surface area contributed by atoms with Gasteiger partial charge >= 0.3 is 5.97 Å². The molecule has 0 aromatic heterocycles. The molecular formula is C16H24N2O3. The van der Waals surface area contributed by atoms with Crippen molar-refractivity contribution in [2.24, 2.45) is 11.7 Å². The van der Waals surface area contributed by atoms with Crippen LogP contribution in [0.3, 0.4) is 0 Å². The molecule has 116 valence electrons. The molecule has 0 aliphatic carbocycles. The minimum Gasteiger partial charge on any atom is -0.465 e. The van der Waals surface area contributed by atoms with Gasteiger partial charge in [0.2, 0.25) is 5.91 Å². The van der Waals surface area contributed by atoms with Crippen LogP contribution in [0.1, 0.15) is 32.4 Å². The highest BCUT2D eigenvalue weighted by molar-refractivity contribution is 5.86. The number of ether oxygens (including phenoxy) is 1. The van der Waals surface area contributed by atoms with Crippen molar-refractivity contribution < 1.29 is 14.3 Å². The van der Waals surface area contributed by atoms with Crippen molar-refractivity contribution in [3.63, 3.8) is 0 Å². The van der Waals surface area contributed by atoms with E-state index < -0.39 is 12.0 Å². The second-order valence-corrected chi connectivity index (χ2v) is 5.31. The van der Waals surface area contributed by atoms with Crippen molar-refractivity contribution >= 4 is 11.9 Å². The summed E-state index contributed by atoms with van der Waals surface area (Å²) in [6, 6.07) is 8.38. The van der Waals surface area contributed by atoms with E-state index in [1.54, 1.807) is 19.1 Å². The van der Waals surface area contributed by atoms with Crippen LogP contribution in [0.15, 0.2) is 30.3 Å². The molecule has 0 saturated carbocycles. The van der Waals surface area contributed by atoms with Crippen LogP contribution in [0.2, 0.25) is 0 Å². The Morgan fingerprint density at radius 3 is 2.38 bits per heavy atom. The zero-order valence-electron chi connectivity index (χ0n) is 12.9. The fourth-order valence-electron chi connectivity index (χ4n) is 2.04. The van der Waals surface area contributed by atoms with Crippen molar-refractivity contribution in [2.45, 2.75) is 26.8 Å². The highest BCUT2D eigenvalue weighted by atomic mass is 16.5. The molecule has 0 radical (unpaired) electrons. The van der Waals surface area contributed by atoms with Crippen molar-refractivity contribution in [3.8, 4) is 0 Å². The molecule has 0 unspecified atom stereocenters. The van der Waals surface area contributed by atoms with Gasteiger partial charge in [0.1, 0.15) is 12.6 Å². The number of carbonyl (C=O) groups excluding carboxylic acids is 2. The standard InChI is InChI=1S/C16H24N2O3/c1-4-21-14(19)11-18(10-12(2)3)16(20)15(17)13-8-6-5-7-9-13/h5-9,12,15H,4,10-11,17H2,1-3H3/t15-/m0/s1. The number of carbonyl (C=O) groups is 2. The van der Waals surface area contributed by atoms with Gasteiger partial charge in [0, 0.05) is 6.54 Å². The zero-order chi connectivity index (χ0) is 15.8. The van der Waals surface area contributed by atoms with Gasteiger partial charge < -0.3 is 15.4 Å². The van der Waals surface area contributed by atoms with Crippen molar-refractivity contribution in [1.82, 2.24) is 4.90 Å². The largest absolute Gasteiger partial charge is 0.465 e. The van der Waals surface area contributed by atoms with Crippen LogP contribution in [0, 0.1) is 5.92 Å². The molecule has 1 amide bonds. The lowest BCUT2D eigenvalue weighted by Crippen LogP contribution is -2.43. The Kier molecular flexibility index (Phi) is 6.88. The molecule has 21 heavy (non-hydrogen) atoms. The summed E-state index contributed by atoms with van der Waals surface area (Å²) in [6.07, 6.45) is 0. The van der Waals surface area contributed by atoms with Crippen molar-refractivity contribution in [3.05, 3.63) is 35.9 Å². The van der Waals surface area contributed by atoms with Crippen LogP contribution >= 0.6 is 0 Å². The lowest BCUT2D eigenvalue weighted by atomic mass is 10.1. The molecule has 5 nitrogen and oxygen atoms in total. The number of nitrogens with two attached hydrogens (primary N) is 1. The predicted octanol–water partition coefficient (Wildman–Crippen LogP) is 1.73. The molecule has 0 bridgehead atoms. The topological polar surface area (TPSA) is 72.6 Å². The van der Waals surface area contributed by atoms with E-state index in [9.17, 15) is 9.59 Å². The highest BCUT2D eigenvalue weighted by Crippen LogP contribution is 2.14. The van der Waals surface area contributed by atoms with E-state index in [0.29, 0.717) is 13.2 Å². The van der Waals surface area contributed by atoms with Crippen LogP contribution in [0.4, 0.5) is 0 Å². The third kappa shape index (κ3) is 5.55. The van der Waals surface area contributed by atoms with Crippen LogP contribution in [-0.2, 0) is 14.3 Å². The first kappa shape index (κ1) is 17.2. The molecule has 0 heterocycles. The van der Waals surface area contributed by atoms with Crippen LogP contribution < -0.4 is 5.73 Å². The SMILES string of the molecule is CCOC(=O)CN(CC(C)C)C(=O)[C@@H](N)c1ccccc1. The first-order valence-electron chi connectivity index (χ1n) is 7.20. The van der Waals surface area contributed by atoms with Crippen LogP contribution in [-0.4, -0.2) is 36.5 Å². The third-order valence-corrected chi connectivity index (χ3v) is 2.95. The molecule has 0 fully saturated rings. The first-order valence-corrected chi connectivity index (χ1v) is 7.20. The number of hydrogen-bond donors (Lipinski definition) is 1. The maximum atomic E-state index is 12.5. The lowest BCUT2D eigenvalue weighted by molar-refractivity contribution is -0.149. The van der Waals surface area contributed by atoms with Gasteiger partial charge in [-0.2, -0.15) is 0 Å². The molecular weight excluding hydrogens is 268 g/mol. The number of benzene rings is 1. The molecule has 1 rings (SSSR count). The van der Waals surface area contributed by atoms with Crippen molar-refractivity contribution in [2.75, 3.05) is 19.7 Å². The Morgan fingerprint density at radius 2 is 1.86 bits per heavy atom. The number of hydrogen-bond acceptors (Lipinski definition) is 4. The molecule has 0 aliphatic heterocycles. The Bertz CT molecular complexity index is 460. The minimum atomic E-state index is -0.764. The minimum absolute atomic E-state index is 0.0641. The van der Waals surface area contributed by atoms with Crippen LogP contribution in [0.5, 0.6) is 0 Å². The van der Waals surface area contributed by atoms with Gasteiger partial charge in [0.15, 0.2) is 0 Å². The second-order valence-electron chi connectivity index (χ2n) is 5.31. The Hall–Kier alpha value is -1.88. The molecule has 0 spiro atoms. The normalized spacial score (nSPS) is 12.0. The van der Waals surface area contributed by atoms with E-state index in [1.165, 1.54) is 4.90 Å². The Labute approximate surface area is 126 Å². The van der Waals surface area contributed by atoms with Gasteiger partial charge in [-0.15, -0.1) is 0 Å². The smallest absolute Gasteiger partial charge is 0.325 e. The van der Waals surface area contributed by atoms with Gasteiger partial charge in [0.05, 0.1) is 6.61 Å². The predicted molar refractivity (Wildman–Crippen MR) is 81.4 cm³/mol. The van der Waals surface area contributed by atoms with E-state index in [2.05, 4.69) is 0 Å². The third-order valence-electron chi connectivity index (χ3n) is 2.95. The summed E-state index contributed by atoms with van der Waals surface area (Å²) >= 11 is 0. The van der Waals surface area contributed by atoms with E-state index in [0.717, 1.165) is 5.56 Å². The van der Waals surface area contributed by atoms with E-state index in [1.807, 2.05) is 32.0 Å². The summed E-state index contributed by atoms with van der Waals surface area (Å²) in [7, 11) is 0. The molecule has 5 heteroatoms. The van der Waals surface area contributed by atoms with E-state index in [4.69, 9.17) is 10.5 Å². The summed E-state index contributed by atoms with van der Waals surface area (Å²) in [5.74, 6) is -0.430. The van der Waals surface area contributed by atoms with Gasteiger partial charge in [0.25, 0.3) is 0 Å². The van der Waals surface area contributed by atoms with E-state index in [-0.39, 0.29) is 18.4 Å². The van der Waals surface area contributed by atoms with E-state index >= 15 is 0 Å². The molecule has 1 aromatic carbocycles. The zero-order valence-corrected chi connectivity index (χ0v) is 12.9. The number of amides is 1. The Morgan fingerprint density at radius 1 is 1.24 bits per heavy atom. The number of nitrogens with zero attached hydrogens (tertiary/aromatic N) is 1. The molecule has 1 atom stereocenters. The monoisotopic (exact) mass is 292 g/mol. The average molecular weight is 292 g/mol. The summed E-state index contributed by atoms with van der Waals surface area (Å²) in [5.41, 5.74) is 6.76. The van der Waals surface area contributed by atoms with Crippen LogP contribution in [0.25, 0.3) is 0 Å². The fraction of sp³-hybridized carbons (Fsp3) is 0.500. The molecule has 0 saturated heterocycles. The maximum absolute atomic E-state index is 12.5. The summed E-state index contributed by atoms with van der Waals surface area (Å²) in [4.78, 5) is 25.6. The van der Waals surface area contributed by atoms with Crippen molar-refractivity contribution in [1.29, 1.82) is 0 Å². The number of rotatable bonds is 7. The second kappa shape index (κ2) is 8.42.